The third-order valence-corrected chi connectivity index (χ3v) is 6.41. The van der Waals surface area contributed by atoms with E-state index in [0.717, 1.165) is 43.9 Å². The van der Waals surface area contributed by atoms with Gasteiger partial charge in [-0.1, -0.05) is 68.4 Å². The summed E-state index contributed by atoms with van der Waals surface area (Å²) in [7, 11) is 0. The van der Waals surface area contributed by atoms with E-state index in [1.165, 1.54) is 11.1 Å². The van der Waals surface area contributed by atoms with E-state index in [2.05, 4.69) is 53.7 Å². The van der Waals surface area contributed by atoms with Gasteiger partial charge in [0.25, 0.3) is 5.56 Å². The molecule has 190 valence electrons. The van der Waals surface area contributed by atoms with Gasteiger partial charge in [0, 0.05) is 50.0 Å². The molecule has 0 radical (unpaired) electrons. The van der Waals surface area contributed by atoms with Gasteiger partial charge in [0.1, 0.15) is 5.82 Å². The van der Waals surface area contributed by atoms with E-state index in [1.807, 2.05) is 41.3 Å². The van der Waals surface area contributed by atoms with Gasteiger partial charge in [0.05, 0.1) is 5.69 Å². The van der Waals surface area contributed by atoms with E-state index < -0.39 is 0 Å². The van der Waals surface area contributed by atoms with E-state index >= 15 is 0 Å². The Bertz CT molecular complexity index is 1380. The van der Waals surface area contributed by atoms with E-state index in [1.54, 1.807) is 16.8 Å². The lowest BCUT2D eigenvalue weighted by Crippen LogP contribution is -2.36. The molecule has 0 saturated heterocycles. The van der Waals surface area contributed by atoms with Crippen molar-refractivity contribution >= 4 is 17.7 Å². The van der Waals surface area contributed by atoms with Crippen LogP contribution in [0.1, 0.15) is 31.4 Å². The molecule has 2 N–H and O–H groups in total. The molecule has 1 aliphatic rings. The zero-order valence-corrected chi connectivity index (χ0v) is 21.4. The summed E-state index contributed by atoms with van der Waals surface area (Å²) in [5.74, 6) is 1.91. The number of nitrogens with zero attached hydrogens (tertiary/aromatic N) is 5. The molecule has 0 saturated carbocycles. The van der Waals surface area contributed by atoms with Gasteiger partial charge in [-0.15, -0.1) is 0 Å². The maximum atomic E-state index is 12.9. The molecule has 0 unspecified atom stereocenters. The van der Waals surface area contributed by atoms with Crippen molar-refractivity contribution in [1.29, 1.82) is 0 Å². The second kappa shape index (κ2) is 11.3. The van der Waals surface area contributed by atoms with Crippen LogP contribution < -0.4 is 21.1 Å². The molecule has 37 heavy (non-hydrogen) atoms. The smallest absolute Gasteiger partial charge is 0.255 e. The summed E-state index contributed by atoms with van der Waals surface area (Å²) in [5.41, 5.74) is 4.09. The maximum absolute atomic E-state index is 12.9. The van der Waals surface area contributed by atoms with Crippen LogP contribution in [0.5, 0.6) is 0 Å². The van der Waals surface area contributed by atoms with Crippen LogP contribution in [0.4, 0.5) is 17.7 Å². The number of fused-ring (bicyclic) bond motifs is 1. The number of benzene rings is 2. The SMILES string of the molecule is CC(C)NCc1ccc(CCNc2nccc(N3CCCn4c3nc(-c3ccccc3)cc4=O)n2)cc1. The van der Waals surface area contributed by atoms with Crippen molar-refractivity contribution in [2.75, 3.05) is 23.3 Å². The van der Waals surface area contributed by atoms with Crippen molar-refractivity contribution in [2.45, 2.75) is 45.8 Å². The highest BCUT2D eigenvalue weighted by Crippen LogP contribution is 2.27. The average Bonchev–Trinajstić information content (AvgIpc) is 2.93. The van der Waals surface area contributed by atoms with Crippen LogP contribution in [-0.4, -0.2) is 38.7 Å². The normalized spacial score (nSPS) is 13.0. The number of nitrogens with one attached hydrogen (secondary N) is 2. The van der Waals surface area contributed by atoms with Crippen LogP contribution in [0, 0.1) is 0 Å². The van der Waals surface area contributed by atoms with Crippen LogP contribution in [0.2, 0.25) is 0 Å². The highest BCUT2D eigenvalue weighted by molar-refractivity contribution is 5.63. The Morgan fingerprint density at radius 2 is 1.73 bits per heavy atom. The van der Waals surface area contributed by atoms with Crippen molar-refractivity contribution in [3.8, 4) is 11.3 Å². The Morgan fingerprint density at radius 1 is 0.946 bits per heavy atom. The molecule has 0 amide bonds. The Hall–Kier alpha value is -4.04. The first-order valence-electron chi connectivity index (χ1n) is 12.9. The van der Waals surface area contributed by atoms with E-state index in [-0.39, 0.29) is 5.56 Å². The minimum Gasteiger partial charge on any atom is -0.354 e. The second-order valence-corrected chi connectivity index (χ2v) is 9.57. The van der Waals surface area contributed by atoms with Crippen LogP contribution in [0.25, 0.3) is 11.3 Å². The van der Waals surface area contributed by atoms with Crippen molar-refractivity contribution in [3.63, 3.8) is 0 Å². The molecule has 4 aromatic rings. The molecule has 3 heterocycles. The molecule has 0 fully saturated rings. The third kappa shape index (κ3) is 6.03. The fraction of sp³-hybridized carbons (Fsp3) is 0.310. The molecule has 8 nitrogen and oxygen atoms in total. The van der Waals surface area contributed by atoms with E-state index in [4.69, 9.17) is 9.97 Å². The lowest BCUT2D eigenvalue weighted by atomic mass is 10.1. The number of hydrogen-bond donors (Lipinski definition) is 2. The first kappa shape index (κ1) is 24.6. The molecule has 2 aromatic heterocycles. The molecular formula is C29H33N7O. The summed E-state index contributed by atoms with van der Waals surface area (Å²) in [4.78, 5) is 29.0. The van der Waals surface area contributed by atoms with Crippen LogP contribution in [0.15, 0.2) is 77.7 Å². The predicted molar refractivity (Wildman–Crippen MR) is 148 cm³/mol. The minimum atomic E-state index is -0.0491. The number of anilines is 3. The first-order chi connectivity index (χ1) is 18.1. The lowest BCUT2D eigenvalue weighted by molar-refractivity contribution is 0.561. The number of aromatic nitrogens is 4. The predicted octanol–water partition coefficient (Wildman–Crippen LogP) is 4.39. The summed E-state index contributed by atoms with van der Waals surface area (Å²) < 4.78 is 1.73. The molecule has 0 bridgehead atoms. The van der Waals surface area contributed by atoms with Crippen molar-refractivity contribution in [2.24, 2.45) is 0 Å². The zero-order valence-electron chi connectivity index (χ0n) is 21.4. The second-order valence-electron chi connectivity index (χ2n) is 9.57. The summed E-state index contributed by atoms with van der Waals surface area (Å²) in [6.45, 7) is 7.29. The first-order valence-corrected chi connectivity index (χ1v) is 12.9. The van der Waals surface area contributed by atoms with Crippen molar-refractivity contribution < 1.29 is 0 Å². The lowest BCUT2D eigenvalue weighted by Gasteiger charge is -2.30. The molecule has 1 aliphatic heterocycles. The van der Waals surface area contributed by atoms with Gasteiger partial charge >= 0.3 is 0 Å². The van der Waals surface area contributed by atoms with Gasteiger partial charge in [-0.05, 0) is 30.0 Å². The Kier molecular flexibility index (Phi) is 7.56. The third-order valence-electron chi connectivity index (χ3n) is 6.41. The Morgan fingerprint density at radius 3 is 2.51 bits per heavy atom. The summed E-state index contributed by atoms with van der Waals surface area (Å²) >= 11 is 0. The molecule has 2 aromatic carbocycles. The topological polar surface area (TPSA) is 88.0 Å². The van der Waals surface area contributed by atoms with Gasteiger partial charge in [-0.3, -0.25) is 14.3 Å². The van der Waals surface area contributed by atoms with E-state index in [9.17, 15) is 4.79 Å². The molecule has 8 heteroatoms. The highest BCUT2D eigenvalue weighted by Gasteiger charge is 2.23. The fourth-order valence-electron chi connectivity index (χ4n) is 4.42. The Labute approximate surface area is 217 Å². The standard InChI is InChI=1S/C29H33N7O/c1-21(2)32-20-23-11-9-22(10-12-23)13-15-30-28-31-16-14-26(34-28)35-17-6-18-36-27(37)19-25(33-29(35)36)24-7-4-3-5-8-24/h3-5,7-12,14,16,19,21,32H,6,13,15,17-18,20H2,1-2H3,(H,30,31,34). The molecule has 5 rings (SSSR count). The monoisotopic (exact) mass is 495 g/mol. The largest absolute Gasteiger partial charge is 0.354 e. The summed E-state index contributed by atoms with van der Waals surface area (Å²) in [6.07, 6.45) is 3.46. The summed E-state index contributed by atoms with van der Waals surface area (Å²) in [5, 5.41) is 6.79. The number of hydrogen-bond acceptors (Lipinski definition) is 7. The van der Waals surface area contributed by atoms with Crippen LogP contribution >= 0.6 is 0 Å². The molecular weight excluding hydrogens is 462 g/mol. The molecule has 0 aliphatic carbocycles. The minimum absolute atomic E-state index is 0.0491. The van der Waals surface area contributed by atoms with Crippen molar-refractivity contribution in [1.82, 2.24) is 24.8 Å². The van der Waals surface area contributed by atoms with Crippen LogP contribution in [0.3, 0.4) is 0 Å². The maximum Gasteiger partial charge on any atom is 0.255 e. The quantitative estimate of drug-likeness (QED) is 0.356. The van der Waals surface area contributed by atoms with E-state index in [0.29, 0.717) is 30.2 Å². The van der Waals surface area contributed by atoms with Gasteiger partial charge in [-0.25, -0.2) is 9.97 Å². The van der Waals surface area contributed by atoms with Crippen LogP contribution in [-0.2, 0) is 19.5 Å². The average molecular weight is 496 g/mol. The summed E-state index contributed by atoms with van der Waals surface area (Å²) in [6, 6.07) is 22.4. The highest BCUT2D eigenvalue weighted by atomic mass is 16.1. The zero-order chi connectivity index (χ0) is 25.6. The van der Waals surface area contributed by atoms with Gasteiger partial charge in [0.15, 0.2) is 0 Å². The molecule has 0 atom stereocenters. The number of rotatable bonds is 9. The van der Waals surface area contributed by atoms with Crippen molar-refractivity contribution in [3.05, 3.63) is 94.4 Å². The fourth-order valence-corrected chi connectivity index (χ4v) is 4.42. The molecule has 0 spiro atoms. The Balaban J connectivity index is 1.28. The van der Waals surface area contributed by atoms with Gasteiger partial charge in [0.2, 0.25) is 11.9 Å². The van der Waals surface area contributed by atoms with Gasteiger partial charge in [-0.2, -0.15) is 4.98 Å². The van der Waals surface area contributed by atoms with Gasteiger partial charge < -0.3 is 10.6 Å².